The molecule has 0 atom stereocenters. The Balaban J connectivity index is 1.79. The van der Waals surface area contributed by atoms with Gasteiger partial charge in [-0.25, -0.2) is 9.50 Å². The summed E-state index contributed by atoms with van der Waals surface area (Å²) in [5.41, 5.74) is 4.09. The van der Waals surface area contributed by atoms with E-state index < -0.39 is 0 Å². The zero-order valence-corrected chi connectivity index (χ0v) is 14.5. The number of H-pyrrole nitrogens is 1. The van der Waals surface area contributed by atoms with E-state index in [1.165, 1.54) is 10.6 Å². The number of hydrogen-bond acceptors (Lipinski definition) is 3. The quantitative estimate of drug-likeness (QED) is 0.598. The number of ether oxygens (including phenoxy) is 1. The Morgan fingerprint density at radius 2 is 1.73 bits per heavy atom. The van der Waals surface area contributed by atoms with E-state index in [1.807, 2.05) is 60.7 Å². The van der Waals surface area contributed by atoms with Gasteiger partial charge in [0.25, 0.3) is 5.56 Å². The van der Waals surface area contributed by atoms with Crippen LogP contribution < -0.4 is 10.3 Å². The van der Waals surface area contributed by atoms with Crippen molar-refractivity contribution in [3.8, 4) is 16.9 Å². The summed E-state index contributed by atoms with van der Waals surface area (Å²) in [6.45, 7) is 2.30. The van der Waals surface area contributed by atoms with Crippen molar-refractivity contribution in [1.82, 2.24) is 14.6 Å². The van der Waals surface area contributed by atoms with Gasteiger partial charge in [-0.2, -0.15) is 0 Å². The van der Waals surface area contributed by atoms with Crippen LogP contribution >= 0.6 is 0 Å². The summed E-state index contributed by atoms with van der Waals surface area (Å²) >= 11 is 0. The standard InChI is InChI=1S/C21H19N3O2/c1-2-18-20(15-9-5-3-6-10-15)21-22-16(13-19(25)24(21)23-18)14-26-17-11-7-4-8-12-17/h3-13,23H,2,14H2,1H3. The molecule has 0 aliphatic carbocycles. The van der Waals surface area contributed by atoms with Crippen LogP contribution in [0.5, 0.6) is 5.75 Å². The normalized spacial score (nSPS) is 11.0. The zero-order chi connectivity index (χ0) is 17.9. The minimum atomic E-state index is -0.140. The van der Waals surface area contributed by atoms with Crippen molar-refractivity contribution in [2.24, 2.45) is 0 Å². The number of para-hydroxylation sites is 1. The molecule has 0 aliphatic rings. The van der Waals surface area contributed by atoms with E-state index in [2.05, 4.69) is 12.0 Å². The summed E-state index contributed by atoms with van der Waals surface area (Å²) in [6.07, 6.45) is 0.781. The number of benzene rings is 2. The fourth-order valence-corrected chi connectivity index (χ4v) is 3.04. The van der Waals surface area contributed by atoms with Crippen LogP contribution in [0.25, 0.3) is 16.8 Å². The number of aromatic nitrogens is 3. The maximum Gasteiger partial charge on any atom is 0.273 e. The second-order valence-corrected chi connectivity index (χ2v) is 6.03. The van der Waals surface area contributed by atoms with Gasteiger partial charge in [0, 0.05) is 17.3 Å². The lowest BCUT2D eigenvalue weighted by Gasteiger charge is -2.06. The number of nitrogens with one attached hydrogen (secondary N) is 1. The van der Waals surface area contributed by atoms with Crippen LogP contribution in [-0.4, -0.2) is 14.6 Å². The first kappa shape index (κ1) is 16.1. The molecular weight excluding hydrogens is 326 g/mol. The van der Waals surface area contributed by atoms with E-state index in [0.29, 0.717) is 11.3 Å². The zero-order valence-electron chi connectivity index (χ0n) is 14.5. The van der Waals surface area contributed by atoms with Crippen molar-refractivity contribution >= 4 is 5.65 Å². The van der Waals surface area contributed by atoms with Crippen LogP contribution in [0.15, 0.2) is 71.5 Å². The molecule has 0 saturated carbocycles. The van der Waals surface area contributed by atoms with Gasteiger partial charge in [0.15, 0.2) is 5.65 Å². The molecule has 0 aliphatic heterocycles. The Bertz CT molecular complexity index is 1080. The smallest absolute Gasteiger partial charge is 0.273 e. The average Bonchev–Trinajstić information content (AvgIpc) is 3.07. The van der Waals surface area contributed by atoms with E-state index in [4.69, 9.17) is 9.72 Å². The number of fused-ring (bicyclic) bond motifs is 1. The molecule has 4 rings (SSSR count). The van der Waals surface area contributed by atoms with Crippen molar-refractivity contribution in [2.75, 3.05) is 0 Å². The average molecular weight is 345 g/mol. The van der Waals surface area contributed by atoms with E-state index in [9.17, 15) is 4.79 Å². The highest BCUT2D eigenvalue weighted by molar-refractivity contribution is 5.79. The summed E-state index contributed by atoms with van der Waals surface area (Å²) in [5, 5.41) is 3.18. The Hall–Kier alpha value is -3.34. The highest BCUT2D eigenvalue weighted by Crippen LogP contribution is 2.27. The second-order valence-electron chi connectivity index (χ2n) is 6.03. The number of aryl methyl sites for hydroxylation is 1. The van der Waals surface area contributed by atoms with Crippen LogP contribution in [0.2, 0.25) is 0 Å². The van der Waals surface area contributed by atoms with Gasteiger partial charge >= 0.3 is 0 Å². The van der Waals surface area contributed by atoms with E-state index in [-0.39, 0.29) is 12.2 Å². The van der Waals surface area contributed by atoms with Crippen molar-refractivity contribution < 1.29 is 4.74 Å². The third-order valence-corrected chi connectivity index (χ3v) is 4.29. The van der Waals surface area contributed by atoms with E-state index >= 15 is 0 Å². The number of hydrogen-bond donors (Lipinski definition) is 1. The second kappa shape index (κ2) is 6.88. The monoisotopic (exact) mass is 345 g/mol. The lowest BCUT2D eigenvalue weighted by molar-refractivity contribution is 0.301. The maximum absolute atomic E-state index is 12.6. The van der Waals surface area contributed by atoms with Crippen LogP contribution in [0, 0.1) is 0 Å². The maximum atomic E-state index is 12.6. The summed E-state index contributed by atoms with van der Waals surface area (Å²) in [7, 11) is 0. The van der Waals surface area contributed by atoms with Gasteiger partial charge in [0.2, 0.25) is 0 Å². The predicted molar refractivity (Wildman–Crippen MR) is 101 cm³/mol. The molecule has 5 heteroatoms. The number of aromatic amines is 1. The van der Waals surface area contributed by atoms with Gasteiger partial charge in [-0.3, -0.25) is 9.89 Å². The fourth-order valence-electron chi connectivity index (χ4n) is 3.04. The summed E-state index contributed by atoms with van der Waals surface area (Å²) in [6, 6.07) is 21.0. The summed E-state index contributed by atoms with van der Waals surface area (Å²) < 4.78 is 7.26. The first-order valence-corrected chi connectivity index (χ1v) is 8.63. The van der Waals surface area contributed by atoms with Crippen molar-refractivity contribution in [3.05, 3.63) is 88.5 Å². The highest BCUT2D eigenvalue weighted by Gasteiger charge is 2.16. The first-order valence-electron chi connectivity index (χ1n) is 8.63. The third-order valence-electron chi connectivity index (χ3n) is 4.29. The number of nitrogens with zero attached hydrogens (tertiary/aromatic N) is 2. The predicted octanol–water partition coefficient (Wildman–Crippen LogP) is 3.83. The fraction of sp³-hybridized carbons (Fsp3) is 0.143. The molecule has 5 nitrogen and oxygen atoms in total. The molecule has 2 aromatic heterocycles. The minimum Gasteiger partial charge on any atom is -0.487 e. The SMILES string of the molecule is CCc1[nH]n2c(=O)cc(COc3ccccc3)nc2c1-c1ccccc1. The molecule has 0 saturated heterocycles. The van der Waals surface area contributed by atoms with Gasteiger partial charge < -0.3 is 4.74 Å². The Morgan fingerprint density at radius 3 is 2.42 bits per heavy atom. The molecule has 2 aromatic carbocycles. The number of rotatable bonds is 5. The highest BCUT2D eigenvalue weighted by atomic mass is 16.5. The molecule has 0 fully saturated rings. The van der Waals surface area contributed by atoms with Crippen molar-refractivity contribution in [3.63, 3.8) is 0 Å². The molecule has 0 spiro atoms. The van der Waals surface area contributed by atoms with Crippen LogP contribution in [-0.2, 0) is 13.0 Å². The molecule has 130 valence electrons. The Morgan fingerprint density at radius 1 is 1.04 bits per heavy atom. The van der Waals surface area contributed by atoms with Gasteiger partial charge in [-0.05, 0) is 24.1 Å². The molecular formula is C21H19N3O2. The summed E-state index contributed by atoms with van der Waals surface area (Å²) in [5.74, 6) is 0.751. The van der Waals surface area contributed by atoms with Crippen LogP contribution in [0.4, 0.5) is 0 Å². The topological polar surface area (TPSA) is 59.4 Å². The molecule has 0 unspecified atom stereocenters. The van der Waals surface area contributed by atoms with Gasteiger partial charge in [0.1, 0.15) is 12.4 Å². The molecule has 0 radical (unpaired) electrons. The van der Waals surface area contributed by atoms with E-state index in [0.717, 1.165) is 29.0 Å². The minimum absolute atomic E-state index is 0.140. The van der Waals surface area contributed by atoms with Crippen LogP contribution in [0.1, 0.15) is 18.3 Å². The van der Waals surface area contributed by atoms with Gasteiger partial charge in [-0.15, -0.1) is 0 Å². The molecule has 2 heterocycles. The van der Waals surface area contributed by atoms with Crippen molar-refractivity contribution in [2.45, 2.75) is 20.0 Å². The van der Waals surface area contributed by atoms with E-state index in [1.54, 1.807) is 0 Å². The van der Waals surface area contributed by atoms with Gasteiger partial charge in [-0.1, -0.05) is 55.5 Å². The lowest BCUT2D eigenvalue weighted by atomic mass is 10.0. The van der Waals surface area contributed by atoms with Crippen molar-refractivity contribution in [1.29, 1.82) is 0 Å². The third kappa shape index (κ3) is 2.99. The van der Waals surface area contributed by atoms with Crippen LogP contribution in [0.3, 0.4) is 0 Å². The molecule has 0 amide bonds. The molecule has 4 aromatic rings. The van der Waals surface area contributed by atoms with Gasteiger partial charge in [0.05, 0.1) is 5.69 Å². The first-order chi connectivity index (χ1) is 12.8. The Kier molecular flexibility index (Phi) is 4.27. The molecule has 0 bridgehead atoms. The lowest BCUT2D eigenvalue weighted by Crippen LogP contribution is -2.16. The largest absolute Gasteiger partial charge is 0.487 e. The Labute approximate surface area is 150 Å². The summed E-state index contributed by atoms with van der Waals surface area (Å²) in [4.78, 5) is 17.3. The molecule has 1 N–H and O–H groups in total. The molecule has 26 heavy (non-hydrogen) atoms.